The first-order valence-electron chi connectivity index (χ1n) is 15.4. The van der Waals surface area contributed by atoms with Gasteiger partial charge >= 0.3 is 0 Å². The highest BCUT2D eigenvalue weighted by atomic mass is 19.1. The first kappa shape index (κ1) is 29.7. The lowest BCUT2D eigenvalue weighted by atomic mass is 9.80. The lowest BCUT2D eigenvalue weighted by Gasteiger charge is -2.32. The molecule has 0 aromatic heterocycles. The number of hydrogen-bond donors (Lipinski definition) is 0. The minimum absolute atomic E-state index is 0.0794. The van der Waals surface area contributed by atoms with Crippen LogP contribution in [0.1, 0.15) is 122 Å². The van der Waals surface area contributed by atoms with Crippen LogP contribution in [-0.4, -0.2) is 6.61 Å². The summed E-state index contributed by atoms with van der Waals surface area (Å²) in [6, 6.07) is 8.24. The second-order valence-electron chi connectivity index (χ2n) is 11.8. The summed E-state index contributed by atoms with van der Waals surface area (Å²) in [5, 5.41) is 0. The van der Waals surface area contributed by atoms with Gasteiger partial charge < -0.3 is 4.74 Å². The summed E-state index contributed by atoms with van der Waals surface area (Å²) in [5.41, 5.74) is 6.88. The van der Waals surface area contributed by atoms with Crippen LogP contribution in [0.4, 0.5) is 4.39 Å². The van der Waals surface area contributed by atoms with Gasteiger partial charge in [0.1, 0.15) is 11.6 Å². The number of hydrogen-bond acceptors (Lipinski definition) is 1. The molecule has 0 radical (unpaired) electrons. The van der Waals surface area contributed by atoms with E-state index in [9.17, 15) is 0 Å². The first-order valence-corrected chi connectivity index (χ1v) is 15.4. The van der Waals surface area contributed by atoms with Gasteiger partial charge in [0, 0.05) is 11.0 Å². The average molecular weight is 509 g/mol. The predicted octanol–water partition coefficient (Wildman–Crippen LogP) is 10.5. The van der Waals surface area contributed by atoms with E-state index in [1.807, 2.05) is 6.07 Å². The third-order valence-electron chi connectivity index (χ3n) is 9.73. The Balaban J connectivity index is 1.90. The molecule has 0 unspecified atom stereocenters. The third-order valence-corrected chi connectivity index (χ3v) is 9.73. The van der Waals surface area contributed by atoms with Crippen molar-refractivity contribution in [2.45, 2.75) is 126 Å². The molecular weight excluding hydrogens is 455 g/mol. The fourth-order valence-corrected chi connectivity index (χ4v) is 6.48. The van der Waals surface area contributed by atoms with Gasteiger partial charge in [-0.2, -0.15) is 0 Å². The van der Waals surface area contributed by atoms with Gasteiger partial charge in [-0.15, -0.1) is 0 Å². The third kappa shape index (κ3) is 6.98. The summed E-state index contributed by atoms with van der Waals surface area (Å²) in [6.07, 6.45) is 13.6. The number of rotatable bonds is 13. The van der Waals surface area contributed by atoms with E-state index in [4.69, 9.17) is 4.74 Å². The lowest BCUT2D eigenvalue weighted by Crippen LogP contribution is -2.27. The second kappa shape index (κ2) is 13.8. The van der Waals surface area contributed by atoms with Gasteiger partial charge in [0.2, 0.25) is 0 Å². The summed E-state index contributed by atoms with van der Waals surface area (Å²) in [5.74, 6) is 2.67. The molecule has 37 heavy (non-hydrogen) atoms. The molecular formula is C35H53FO. The molecule has 0 N–H and O–H groups in total. The molecule has 1 aliphatic rings. The zero-order valence-corrected chi connectivity index (χ0v) is 24.9. The van der Waals surface area contributed by atoms with Gasteiger partial charge in [0.05, 0.1) is 6.61 Å². The van der Waals surface area contributed by atoms with E-state index >= 15 is 4.39 Å². The van der Waals surface area contributed by atoms with E-state index in [-0.39, 0.29) is 11.2 Å². The Labute approximate surface area is 227 Å². The molecule has 2 heteroatoms. The van der Waals surface area contributed by atoms with Crippen LogP contribution in [0.3, 0.4) is 0 Å². The molecule has 2 aromatic rings. The molecule has 0 saturated heterocycles. The van der Waals surface area contributed by atoms with Crippen molar-refractivity contribution in [1.82, 2.24) is 0 Å². The standard InChI is InChI=1S/C35H53FO/c1-8-28-23-32(29(9-2)30(10-3)34(28)37-24-35(11-4,12-5)13-6)31-21-20-27(22-33(31)36)19-18-26-16-14-25(7)15-17-26/h20-23,25-26H,8-19,24H2,1-7H3. The highest BCUT2D eigenvalue weighted by Crippen LogP contribution is 2.40. The van der Waals surface area contributed by atoms with Gasteiger partial charge in [-0.1, -0.05) is 86.3 Å². The number of benzene rings is 2. The minimum Gasteiger partial charge on any atom is -0.492 e. The topological polar surface area (TPSA) is 9.23 Å². The molecule has 0 bridgehead atoms. The van der Waals surface area contributed by atoms with Crippen molar-refractivity contribution in [2.75, 3.05) is 6.61 Å². The van der Waals surface area contributed by atoms with Gasteiger partial charge in [-0.05, 0) is 103 Å². The Bertz CT molecular complexity index is 987. The highest BCUT2D eigenvalue weighted by molar-refractivity contribution is 5.73. The molecule has 0 aliphatic heterocycles. The Hall–Kier alpha value is -1.83. The molecule has 0 spiro atoms. The molecule has 2 aromatic carbocycles. The summed E-state index contributed by atoms with van der Waals surface area (Å²) in [6.45, 7) is 16.6. The van der Waals surface area contributed by atoms with Crippen molar-refractivity contribution >= 4 is 0 Å². The second-order valence-corrected chi connectivity index (χ2v) is 11.8. The van der Waals surface area contributed by atoms with Crippen LogP contribution in [0, 0.1) is 23.1 Å². The summed E-state index contributed by atoms with van der Waals surface area (Å²) >= 11 is 0. The molecule has 1 aliphatic carbocycles. The van der Waals surface area contributed by atoms with E-state index in [1.54, 1.807) is 6.07 Å². The van der Waals surface area contributed by atoms with Crippen LogP contribution in [0.5, 0.6) is 5.75 Å². The van der Waals surface area contributed by atoms with E-state index in [1.165, 1.54) is 48.8 Å². The Kier molecular flexibility index (Phi) is 11.1. The van der Waals surface area contributed by atoms with Gasteiger partial charge in [0.15, 0.2) is 0 Å². The minimum atomic E-state index is -0.0794. The number of aryl methyl sites for hydroxylation is 2. The fraction of sp³-hybridized carbons (Fsp3) is 0.657. The Morgan fingerprint density at radius 3 is 2.00 bits per heavy atom. The summed E-state index contributed by atoms with van der Waals surface area (Å²) < 4.78 is 22.3. The molecule has 1 saturated carbocycles. The maximum atomic E-state index is 15.7. The van der Waals surface area contributed by atoms with Crippen molar-refractivity contribution in [1.29, 1.82) is 0 Å². The molecule has 0 heterocycles. The van der Waals surface area contributed by atoms with Crippen molar-refractivity contribution < 1.29 is 9.13 Å². The van der Waals surface area contributed by atoms with Crippen molar-refractivity contribution in [3.05, 3.63) is 52.3 Å². The van der Waals surface area contributed by atoms with Crippen molar-refractivity contribution in [3.63, 3.8) is 0 Å². The van der Waals surface area contributed by atoms with Crippen molar-refractivity contribution in [3.8, 4) is 16.9 Å². The summed E-state index contributed by atoms with van der Waals surface area (Å²) in [4.78, 5) is 0. The zero-order chi connectivity index (χ0) is 27.0. The first-order chi connectivity index (χ1) is 17.8. The van der Waals surface area contributed by atoms with Crippen LogP contribution in [-0.2, 0) is 25.7 Å². The van der Waals surface area contributed by atoms with E-state index in [0.717, 1.165) is 85.8 Å². The maximum absolute atomic E-state index is 15.7. The van der Waals surface area contributed by atoms with Gasteiger partial charge in [0.25, 0.3) is 0 Å². The SMILES string of the molecule is CCc1cc(-c2ccc(CCC3CCC(C)CC3)cc2F)c(CC)c(CC)c1OCC(CC)(CC)CC. The number of ether oxygens (including phenoxy) is 1. The van der Waals surface area contributed by atoms with E-state index < -0.39 is 0 Å². The van der Waals surface area contributed by atoms with Crippen molar-refractivity contribution in [2.24, 2.45) is 17.3 Å². The molecule has 1 nitrogen and oxygen atoms in total. The highest BCUT2D eigenvalue weighted by Gasteiger charge is 2.27. The van der Waals surface area contributed by atoms with Crippen LogP contribution in [0.2, 0.25) is 0 Å². The van der Waals surface area contributed by atoms with Crippen LogP contribution >= 0.6 is 0 Å². The molecule has 3 rings (SSSR count). The Morgan fingerprint density at radius 1 is 0.811 bits per heavy atom. The van der Waals surface area contributed by atoms with E-state index in [2.05, 4.69) is 60.6 Å². The monoisotopic (exact) mass is 508 g/mol. The molecule has 0 amide bonds. The number of halogens is 1. The largest absolute Gasteiger partial charge is 0.492 e. The average Bonchev–Trinajstić information content (AvgIpc) is 2.93. The van der Waals surface area contributed by atoms with Gasteiger partial charge in [-0.25, -0.2) is 4.39 Å². The zero-order valence-electron chi connectivity index (χ0n) is 24.9. The predicted molar refractivity (Wildman–Crippen MR) is 158 cm³/mol. The van der Waals surface area contributed by atoms with Crippen LogP contribution in [0.25, 0.3) is 11.1 Å². The van der Waals surface area contributed by atoms with Gasteiger partial charge in [-0.3, -0.25) is 0 Å². The molecule has 1 fully saturated rings. The lowest BCUT2D eigenvalue weighted by molar-refractivity contribution is 0.126. The molecule has 0 atom stereocenters. The smallest absolute Gasteiger partial charge is 0.131 e. The van der Waals surface area contributed by atoms with Crippen LogP contribution < -0.4 is 4.74 Å². The normalized spacial score (nSPS) is 18.3. The summed E-state index contributed by atoms with van der Waals surface area (Å²) in [7, 11) is 0. The molecule has 206 valence electrons. The fourth-order valence-electron chi connectivity index (χ4n) is 6.48. The Morgan fingerprint density at radius 2 is 1.46 bits per heavy atom. The van der Waals surface area contributed by atoms with E-state index in [0.29, 0.717) is 0 Å². The quantitative estimate of drug-likeness (QED) is 0.261. The van der Waals surface area contributed by atoms with Crippen LogP contribution in [0.15, 0.2) is 24.3 Å². The maximum Gasteiger partial charge on any atom is 0.131 e.